The van der Waals surface area contributed by atoms with Crippen LogP contribution in [0, 0.1) is 5.92 Å². The van der Waals surface area contributed by atoms with Crippen LogP contribution in [-0.2, 0) is 22.3 Å². The first kappa shape index (κ1) is 21.6. The van der Waals surface area contributed by atoms with Gasteiger partial charge in [0.05, 0.1) is 5.56 Å². The monoisotopic (exact) mass is 411 g/mol. The Morgan fingerprint density at radius 3 is 2.45 bits per heavy atom. The number of alkyl halides is 3. The molecule has 2 fully saturated rings. The van der Waals surface area contributed by atoms with E-state index in [1.165, 1.54) is 12.1 Å². The van der Waals surface area contributed by atoms with E-state index in [0.717, 1.165) is 37.1 Å². The smallest absolute Gasteiger partial charge is 0.350 e. The minimum Gasteiger partial charge on any atom is -0.350 e. The lowest BCUT2D eigenvalue weighted by atomic mass is 10.1. The zero-order valence-corrected chi connectivity index (χ0v) is 16.8. The van der Waals surface area contributed by atoms with Crippen LogP contribution in [0.4, 0.5) is 13.2 Å². The number of rotatable bonds is 5. The molecule has 3 rings (SSSR count). The van der Waals surface area contributed by atoms with Gasteiger partial charge in [0.25, 0.3) is 0 Å². The number of likely N-dealkylation sites (tertiary alicyclic amines) is 2. The van der Waals surface area contributed by atoms with Gasteiger partial charge in [0.15, 0.2) is 0 Å². The summed E-state index contributed by atoms with van der Waals surface area (Å²) in [7, 11) is 0. The molecule has 0 radical (unpaired) electrons. The second kappa shape index (κ2) is 8.73. The van der Waals surface area contributed by atoms with Gasteiger partial charge < -0.3 is 10.2 Å². The maximum atomic E-state index is 12.7. The topological polar surface area (TPSA) is 52.7 Å². The Labute approximate surface area is 169 Å². The molecule has 1 aromatic carbocycles. The van der Waals surface area contributed by atoms with Gasteiger partial charge >= 0.3 is 6.18 Å². The van der Waals surface area contributed by atoms with Gasteiger partial charge in [-0.15, -0.1) is 0 Å². The Hall–Kier alpha value is -2.09. The third kappa shape index (κ3) is 5.29. The van der Waals surface area contributed by atoms with Crippen LogP contribution in [0.5, 0.6) is 0 Å². The summed E-state index contributed by atoms with van der Waals surface area (Å²) in [6.07, 6.45) is -2.02. The lowest BCUT2D eigenvalue weighted by Crippen LogP contribution is -2.50. The van der Waals surface area contributed by atoms with Crippen molar-refractivity contribution in [2.24, 2.45) is 5.92 Å². The van der Waals surface area contributed by atoms with Gasteiger partial charge in [-0.2, -0.15) is 13.2 Å². The van der Waals surface area contributed by atoms with Crippen LogP contribution in [0.1, 0.15) is 44.2 Å². The number of hydrogen-bond acceptors (Lipinski definition) is 3. The molecule has 2 aliphatic rings. The number of hydrogen-bond donors (Lipinski definition) is 1. The molecule has 0 saturated carbocycles. The second-order valence-corrected chi connectivity index (χ2v) is 8.27. The predicted octanol–water partition coefficient (Wildman–Crippen LogP) is 3.04. The summed E-state index contributed by atoms with van der Waals surface area (Å²) in [6.45, 7) is 6.27. The van der Waals surface area contributed by atoms with Crippen molar-refractivity contribution in [2.75, 3.05) is 19.6 Å². The van der Waals surface area contributed by atoms with E-state index in [-0.39, 0.29) is 23.8 Å². The molecular weight excluding hydrogens is 383 g/mol. The van der Waals surface area contributed by atoms with Gasteiger partial charge in [0.1, 0.15) is 6.04 Å². The quantitative estimate of drug-likeness (QED) is 0.810. The zero-order chi connectivity index (χ0) is 21.2. The maximum Gasteiger partial charge on any atom is 0.416 e. The highest BCUT2D eigenvalue weighted by Gasteiger charge is 2.36. The Balaban J connectivity index is 1.51. The molecule has 2 heterocycles. The van der Waals surface area contributed by atoms with E-state index in [1.54, 1.807) is 4.90 Å². The van der Waals surface area contributed by atoms with Crippen molar-refractivity contribution in [3.63, 3.8) is 0 Å². The first-order valence-corrected chi connectivity index (χ1v) is 10.1. The Bertz CT molecular complexity index is 734. The summed E-state index contributed by atoms with van der Waals surface area (Å²) in [5.41, 5.74) is 0.166. The minimum absolute atomic E-state index is 0.00597. The SMILES string of the molecule is CC(C)C(=O)N1CCCC1C(=O)NC1CCN(Cc2ccc(C(F)(F)F)cc2)C1. The van der Waals surface area contributed by atoms with Crippen LogP contribution in [0.2, 0.25) is 0 Å². The van der Waals surface area contributed by atoms with E-state index < -0.39 is 17.8 Å². The number of halogens is 3. The number of amides is 2. The summed E-state index contributed by atoms with van der Waals surface area (Å²) in [5, 5.41) is 3.07. The molecule has 160 valence electrons. The fourth-order valence-electron chi connectivity index (χ4n) is 4.08. The van der Waals surface area contributed by atoms with Crippen molar-refractivity contribution in [2.45, 2.75) is 57.9 Å². The second-order valence-electron chi connectivity index (χ2n) is 8.27. The Morgan fingerprint density at radius 1 is 1.14 bits per heavy atom. The molecule has 2 atom stereocenters. The van der Waals surface area contributed by atoms with Gasteiger partial charge in [0, 0.05) is 38.1 Å². The number of carbonyl (C=O) groups excluding carboxylic acids is 2. The van der Waals surface area contributed by atoms with Crippen molar-refractivity contribution in [1.29, 1.82) is 0 Å². The molecule has 1 aromatic rings. The number of nitrogens with zero attached hydrogens (tertiary/aromatic N) is 2. The largest absolute Gasteiger partial charge is 0.416 e. The molecule has 0 aliphatic carbocycles. The van der Waals surface area contributed by atoms with Gasteiger partial charge in [-0.1, -0.05) is 26.0 Å². The average molecular weight is 411 g/mol. The summed E-state index contributed by atoms with van der Waals surface area (Å²) in [4.78, 5) is 28.8. The number of benzene rings is 1. The summed E-state index contributed by atoms with van der Waals surface area (Å²) in [5.74, 6) is -0.218. The van der Waals surface area contributed by atoms with E-state index in [0.29, 0.717) is 26.1 Å². The maximum absolute atomic E-state index is 12.7. The van der Waals surface area contributed by atoms with Crippen molar-refractivity contribution in [3.8, 4) is 0 Å². The van der Waals surface area contributed by atoms with Gasteiger partial charge in [0.2, 0.25) is 11.8 Å². The predicted molar refractivity (Wildman–Crippen MR) is 103 cm³/mol. The molecule has 5 nitrogen and oxygen atoms in total. The van der Waals surface area contributed by atoms with Crippen molar-refractivity contribution in [1.82, 2.24) is 15.1 Å². The third-order valence-corrected chi connectivity index (χ3v) is 5.64. The molecule has 2 saturated heterocycles. The molecule has 0 spiro atoms. The molecule has 0 aromatic heterocycles. The summed E-state index contributed by atoms with van der Waals surface area (Å²) < 4.78 is 38.0. The van der Waals surface area contributed by atoms with Crippen LogP contribution in [0.15, 0.2) is 24.3 Å². The summed E-state index contributed by atoms with van der Waals surface area (Å²) >= 11 is 0. The number of carbonyl (C=O) groups is 2. The highest BCUT2D eigenvalue weighted by Crippen LogP contribution is 2.29. The molecular formula is C21H28F3N3O2. The van der Waals surface area contributed by atoms with E-state index in [1.807, 2.05) is 13.8 Å². The summed E-state index contributed by atoms with van der Waals surface area (Å²) in [6, 6.07) is 4.81. The Kier molecular flexibility index (Phi) is 6.51. The van der Waals surface area contributed by atoms with Crippen LogP contribution >= 0.6 is 0 Å². The van der Waals surface area contributed by atoms with E-state index in [4.69, 9.17) is 0 Å². The lowest BCUT2D eigenvalue weighted by molar-refractivity contribution is -0.141. The zero-order valence-electron chi connectivity index (χ0n) is 16.8. The van der Waals surface area contributed by atoms with Crippen molar-refractivity contribution in [3.05, 3.63) is 35.4 Å². The van der Waals surface area contributed by atoms with E-state index in [9.17, 15) is 22.8 Å². The highest BCUT2D eigenvalue weighted by molar-refractivity contribution is 5.89. The van der Waals surface area contributed by atoms with Crippen molar-refractivity contribution >= 4 is 11.8 Å². The third-order valence-electron chi connectivity index (χ3n) is 5.64. The van der Waals surface area contributed by atoms with Crippen LogP contribution in [0.3, 0.4) is 0 Å². The van der Waals surface area contributed by atoms with E-state index >= 15 is 0 Å². The van der Waals surface area contributed by atoms with Gasteiger partial charge in [-0.3, -0.25) is 14.5 Å². The van der Waals surface area contributed by atoms with Crippen molar-refractivity contribution < 1.29 is 22.8 Å². The van der Waals surface area contributed by atoms with Crippen LogP contribution in [-0.4, -0.2) is 53.3 Å². The standard InChI is InChI=1S/C21H28F3N3O2/c1-14(2)20(29)27-10-3-4-18(27)19(28)25-17-9-11-26(13-17)12-15-5-7-16(8-6-15)21(22,23)24/h5-8,14,17-18H,3-4,9-13H2,1-2H3,(H,25,28). The van der Waals surface area contributed by atoms with Crippen LogP contribution in [0.25, 0.3) is 0 Å². The normalized spacial score (nSPS) is 23.0. The molecule has 2 aliphatic heterocycles. The van der Waals surface area contributed by atoms with E-state index in [2.05, 4.69) is 10.2 Å². The number of nitrogens with one attached hydrogen (secondary N) is 1. The molecule has 2 unspecified atom stereocenters. The van der Waals surface area contributed by atoms with Crippen LogP contribution < -0.4 is 5.32 Å². The molecule has 29 heavy (non-hydrogen) atoms. The molecule has 0 bridgehead atoms. The van der Waals surface area contributed by atoms with Gasteiger partial charge in [-0.05, 0) is 37.0 Å². The average Bonchev–Trinajstić information content (AvgIpc) is 3.30. The fraction of sp³-hybridized carbons (Fsp3) is 0.619. The molecule has 1 N–H and O–H groups in total. The fourth-order valence-corrected chi connectivity index (χ4v) is 4.08. The molecule has 2 amide bonds. The first-order chi connectivity index (χ1) is 13.6. The Morgan fingerprint density at radius 2 is 1.83 bits per heavy atom. The molecule has 8 heteroatoms. The first-order valence-electron chi connectivity index (χ1n) is 10.1. The van der Waals surface area contributed by atoms with Gasteiger partial charge in [-0.25, -0.2) is 0 Å². The highest BCUT2D eigenvalue weighted by atomic mass is 19.4. The minimum atomic E-state index is -4.33. The lowest BCUT2D eigenvalue weighted by Gasteiger charge is -2.27.